The smallest absolute Gasteiger partial charge is 0.309 e. The quantitative estimate of drug-likeness (QED) is 0.589. The van der Waals surface area contributed by atoms with E-state index in [1.165, 1.54) is 7.11 Å². The Balaban J connectivity index is 2.56. The number of carbonyl (C=O) groups excluding carboxylic acids is 1. The van der Waals surface area contributed by atoms with E-state index >= 15 is 0 Å². The highest BCUT2D eigenvalue weighted by Gasteiger charge is 2.08. The summed E-state index contributed by atoms with van der Waals surface area (Å²) in [6, 6.07) is 7.54. The Morgan fingerprint density at radius 3 is 2.67 bits per heavy atom. The molecule has 5 nitrogen and oxygen atoms in total. The number of ether oxygens (including phenoxy) is 1. The van der Waals surface area contributed by atoms with E-state index in [-0.39, 0.29) is 19.0 Å². The summed E-state index contributed by atoms with van der Waals surface area (Å²) < 4.78 is 4.64. The van der Waals surface area contributed by atoms with E-state index in [4.69, 9.17) is 5.11 Å². The van der Waals surface area contributed by atoms with Crippen LogP contribution < -0.4 is 5.32 Å². The molecule has 100 valence electrons. The van der Waals surface area contributed by atoms with E-state index in [0.29, 0.717) is 13.1 Å². The van der Waals surface area contributed by atoms with Crippen LogP contribution in [-0.2, 0) is 22.5 Å². The van der Waals surface area contributed by atoms with E-state index in [9.17, 15) is 9.90 Å². The van der Waals surface area contributed by atoms with E-state index in [2.05, 4.69) is 10.1 Å². The minimum Gasteiger partial charge on any atom is -0.469 e. The van der Waals surface area contributed by atoms with Crippen LogP contribution in [0.1, 0.15) is 11.1 Å². The lowest BCUT2D eigenvalue weighted by Crippen LogP contribution is -2.29. The first-order valence-electron chi connectivity index (χ1n) is 5.80. The number of aliphatic hydroxyl groups is 2. The molecule has 0 aromatic heterocycles. The Bertz CT molecular complexity index is 381. The maximum Gasteiger partial charge on any atom is 0.309 e. The average molecular weight is 253 g/mol. The van der Waals surface area contributed by atoms with Gasteiger partial charge in [-0.15, -0.1) is 0 Å². The number of rotatable bonds is 7. The van der Waals surface area contributed by atoms with Gasteiger partial charge in [0.05, 0.1) is 26.2 Å². The minimum absolute atomic E-state index is 0.233. The van der Waals surface area contributed by atoms with Gasteiger partial charge in [0.1, 0.15) is 0 Å². The molecule has 1 aromatic carbocycles. The van der Waals surface area contributed by atoms with Gasteiger partial charge < -0.3 is 20.3 Å². The van der Waals surface area contributed by atoms with Gasteiger partial charge in [-0.2, -0.15) is 0 Å². The second kappa shape index (κ2) is 7.81. The minimum atomic E-state index is -0.766. The van der Waals surface area contributed by atoms with Crippen molar-refractivity contribution in [3.05, 3.63) is 35.4 Å². The molecule has 1 atom stereocenters. The summed E-state index contributed by atoms with van der Waals surface area (Å²) in [5.74, 6) is -0.280. The SMILES string of the molecule is COC(=O)Cc1ccccc1CNCC(O)CO. The lowest BCUT2D eigenvalue weighted by atomic mass is 10.0. The molecule has 18 heavy (non-hydrogen) atoms. The molecule has 0 fully saturated rings. The Kier molecular flexibility index (Phi) is 6.35. The molecule has 0 bridgehead atoms. The number of hydrogen-bond acceptors (Lipinski definition) is 5. The van der Waals surface area contributed by atoms with Crippen LogP contribution in [-0.4, -0.2) is 42.5 Å². The fourth-order valence-electron chi connectivity index (χ4n) is 1.57. The van der Waals surface area contributed by atoms with Crippen LogP contribution in [0.15, 0.2) is 24.3 Å². The molecule has 0 aliphatic heterocycles. The maximum atomic E-state index is 11.2. The number of hydrogen-bond donors (Lipinski definition) is 3. The third kappa shape index (κ3) is 4.83. The van der Waals surface area contributed by atoms with Crippen molar-refractivity contribution in [3.8, 4) is 0 Å². The molecule has 0 spiro atoms. The van der Waals surface area contributed by atoms with Gasteiger partial charge in [-0.1, -0.05) is 24.3 Å². The zero-order valence-electron chi connectivity index (χ0n) is 10.4. The van der Waals surface area contributed by atoms with Crippen molar-refractivity contribution in [2.45, 2.75) is 19.1 Å². The molecule has 0 saturated carbocycles. The van der Waals surface area contributed by atoms with Crippen molar-refractivity contribution in [1.82, 2.24) is 5.32 Å². The van der Waals surface area contributed by atoms with E-state index in [1.54, 1.807) is 0 Å². The molecule has 0 aliphatic carbocycles. The second-order valence-electron chi connectivity index (χ2n) is 3.99. The van der Waals surface area contributed by atoms with Crippen molar-refractivity contribution in [1.29, 1.82) is 0 Å². The predicted molar refractivity (Wildman–Crippen MR) is 67.0 cm³/mol. The number of aliphatic hydroxyl groups excluding tert-OH is 2. The van der Waals surface area contributed by atoms with Gasteiger partial charge in [0, 0.05) is 13.1 Å². The molecule has 0 amide bonds. The third-order valence-electron chi connectivity index (χ3n) is 2.59. The summed E-state index contributed by atoms with van der Waals surface area (Å²) >= 11 is 0. The average Bonchev–Trinajstić information content (AvgIpc) is 2.40. The molecule has 3 N–H and O–H groups in total. The number of nitrogens with one attached hydrogen (secondary N) is 1. The van der Waals surface area contributed by atoms with Crippen LogP contribution in [0.3, 0.4) is 0 Å². The summed E-state index contributed by atoms with van der Waals surface area (Å²) in [5.41, 5.74) is 1.88. The molecular weight excluding hydrogens is 234 g/mol. The zero-order valence-corrected chi connectivity index (χ0v) is 10.4. The van der Waals surface area contributed by atoms with Gasteiger partial charge in [-0.25, -0.2) is 0 Å². The lowest BCUT2D eigenvalue weighted by molar-refractivity contribution is -0.139. The molecule has 0 radical (unpaired) electrons. The number of methoxy groups -OCH3 is 1. The van der Waals surface area contributed by atoms with E-state index in [1.807, 2.05) is 24.3 Å². The molecule has 1 unspecified atom stereocenters. The number of benzene rings is 1. The van der Waals surface area contributed by atoms with Crippen LogP contribution in [0, 0.1) is 0 Å². The summed E-state index contributed by atoms with van der Waals surface area (Å²) in [7, 11) is 1.36. The predicted octanol–water partition coefficient (Wildman–Crippen LogP) is -0.155. The Morgan fingerprint density at radius 1 is 1.39 bits per heavy atom. The van der Waals surface area contributed by atoms with Gasteiger partial charge in [-0.05, 0) is 11.1 Å². The highest BCUT2D eigenvalue weighted by molar-refractivity contribution is 5.72. The topological polar surface area (TPSA) is 78.8 Å². The lowest BCUT2D eigenvalue weighted by Gasteiger charge is -2.11. The van der Waals surface area contributed by atoms with Crippen molar-refractivity contribution in [2.75, 3.05) is 20.3 Å². The summed E-state index contributed by atoms with van der Waals surface area (Å²) in [6.07, 6.45) is -0.533. The van der Waals surface area contributed by atoms with Gasteiger partial charge in [0.25, 0.3) is 0 Å². The fourth-order valence-corrected chi connectivity index (χ4v) is 1.57. The first kappa shape index (κ1) is 14.6. The highest BCUT2D eigenvalue weighted by Crippen LogP contribution is 2.10. The van der Waals surface area contributed by atoms with Crippen LogP contribution in [0.5, 0.6) is 0 Å². The molecular formula is C13H19NO4. The monoisotopic (exact) mass is 253 g/mol. The first-order valence-corrected chi connectivity index (χ1v) is 5.80. The largest absolute Gasteiger partial charge is 0.469 e. The molecule has 0 heterocycles. The van der Waals surface area contributed by atoms with Gasteiger partial charge >= 0.3 is 5.97 Å². The number of carbonyl (C=O) groups is 1. The number of esters is 1. The fraction of sp³-hybridized carbons (Fsp3) is 0.462. The molecule has 1 rings (SSSR count). The molecule has 5 heteroatoms. The summed E-state index contributed by atoms with van der Waals surface area (Å²) in [4.78, 5) is 11.2. The summed E-state index contributed by atoms with van der Waals surface area (Å²) in [6.45, 7) is 0.574. The standard InChI is InChI=1S/C13H19NO4/c1-18-13(17)6-10-4-2-3-5-11(10)7-14-8-12(16)9-15/h2-5,12,14-16H,6-9H2,1H3. The van der Waals surface area contributed by atoms with Gasteiger partial charge in [0.15, 0.2) is 0 Å². The molecule has 0 aliphatic rings. The van der Waals surface area contributed by atoms with Crippen molar-refractivity contribution >= 4 is 5.97 Å². The van der Waals surface area contributed by atoms with Crippen molar-refractivity contribution < 1.29 is 19.7 Å². The maximum absolute atomic E-state index is 11.2. The van der Waals surface area contributed by atoms with Crippen molar-refractivity contribution in [2.24, 2.45) is 0 Å². The first-order chi connectivity index (χ1) is 8.67. The van der Waals surface area contributed by atoms with Crippen LogP contribution >= 0.6 is 0 Å². The Hall–Kier alpha value is -1.43. The normalized spacial score (nSPS) is 12.2. The van der Waals surface area contributed by atoms with E-state index < -0.39 is 6.10 Å². The Morgan fingerprint density at radius 2 is 2.06 bits per heavy atom. The van der Waals surface area contributed by atoms with Crippen molar-refractivity contribution in [3.63, 3.8) is 0 Å². The van der Waals surface area contributed by atoms with Crippen LogP contribution in [0.2, 0.25) is 0 Å². The molecule has 0 saturated heterocycles. The second-order valence-corrected chi connectivity index (χ2v) is 3.99. The zero-order chi connectivity index (χ0) is 13.4. The van der Waals surface area contributed by atoms with Crippen LogP contribution in [0.4, 0.5) is 0 Å². The third-order valence-corrected chi connectivity index (χ3v) is 2.59. The summed E-state index contributed by atoms with van der Waals surface area (Å²) in [5, 5.41) is 20.9. The van der Waals surface area contributed by atoms with Gasteiger partial charge in [-0.3, -0.25) is 4.79 Å². The molecule has 1 aromatic rings. The van der Waals surface area contributed by atoms with Crippen LogP contribution in [0.25, 0.3) is 0 Å². The Labute approximate surface area is 106 Å². The highest BCUT2D eigenvalue weighted by atomic mass is 16.5. The van der Waals surface area contributed by atoms with E-state index in [0.717, 1.165) is 11.1 Å². The van der Waals surface area contributed by atoms with Gasteiger partial charge in [0.2, 0.25) is 0 Å².